The summed E-state index contributed by atoms with van der Waals surface area (Å²) >= 11 is 0. The molecule has 7 nitrogen and oxygen atoms in total. The Labute approximate surface area is 154 Å². The summed E-state index contributed by atoms with van der Waals surface area (Å²) in [5, 5.41) is 0. The summed E-state index contributed by atoms with van der Waals surface area (Å²) in [6.07, 6.45) is 3.15. The van der Waals surface area contributed by atoms with E-state index >= 15 is 0 Å². The van der Waals surface area contributed by atoms with Gasteiger partial charge in [-0.2, -0.15) is 4.31 Å². The average molecular weight is 376 g/mol. The Bertz CT molecular complexity index is 892. The Morgan fingerprint density at radius 1 is 1.27 bits per heavy atom. The minimum Gasteiger partial charge on any atom is -0.370 e. The monoisotopic (exact) mass is 376 g/mol. The third-order valence-electron chi connectivity index (χ3n) is 4.94. The number of benzene rings is 1. The highest BCUT2D eigenvalue weighted by atomic mass is 32.2. The van der Waals surface area contributed by atoms with Crippen LogP contribution in [0.25, 0.3) is 0 Å². The van der Waals surface area contributed by atoms with Gasteiger partial charge in [-0.3, -0.25) is 4.79 Å². The molecule has 1 aliphatic heterocycles. The van der Waals surface area contributed by atoms with Crippen molar-refractivity contribution in [2.45, 2.75) is 23.8 Å². The van der Waals surface area contributed by atoms with Crippen LogP contribution in [0.4, 0.5) is 5.69 Å². The van der Waals surface area contributed by atoms with E-state index in [4.69, 9.17) is 5.73 Å². The van der Waals surface area contributed by atoms with Gasteiger partial charge in [0, 0.05) is 45.1 Å². The van der Waals surface area contributed by atoms with Crippen LogP contribution in [-0.4, -0.2) is 49.4 Å². The number of sulfonamides is 1. The number of piperidine rings is 1. The number of aryl methyl sites for hydroxylation is 1. The van der Waals surface area contributed by atoms with Crippen molar-refractivity contribution in [3.05, 3.63) is 48.3 Å². The molecular weight excluding hydrogens is 352 g/mol. The van der Waals surface area contributed by atoms with E-state index in [0.29, 0.717) is 6.54 Å². The van der Waals surface area contributed by atoms with Crippen LogP contribution in [0.3, 0.4) is 0 Å². The van der Waals surface area contributed by atoms with Gasteiger partial charge in [0.05, 0.1) is 0 Å². The van der Waals surface area contributed by atoms with E-state index in [1.165, 1.54) is 21.1 Å². The van der Waals surface area contributed by atoms with Crippen molar-refractivity contribution in [1.82, 2.24) is 8.87 Å². The summed E-state index contributed by atoms with van der Waals surface area (Å²) < 4.78 is 28.9. The number of amides is 1. The molecule has 1 fully saturated rings. The molecule has 0 aliphatic carbocycles. The smallest absolute Gasteiger partial charge is 0.265 e. The highest BCUT2D eigenvalue weighted by molar-refractivity contribution is 7.89. The second kappa shape index (κ2) is 7.13. The number of likely N-dealkylation sites (N-methyl/N-ethyl adjacent to an activating group) is 1. The molecule has 1 saturated heterocycles. The van der Waals surface area contributed by atoms with Crippen LogP contribution in [0.2, 0.25) is 0 Å². The number of carbonyl (C=O) groups excluding carboxylic acids is 1. The van der Waals surface area contributed by atoms with Gasteiger partial charge >= 0.3 is 0 Å². The topological polar surface area (TPSA) is 88.6 Å². The lowest BCUT2D eigenvalue weighted by atomic mass is 10.1. The molecule has 0 unspecified atom stereocenters. The number of anilines is 1. The highest BCUT2D eigenvalue weighted by Gasteiger charge is 2.32. The molecule has 2 heterocycles. The van der Waals surface area contributed by atoms with Gasteiger partial charge in [0.15, 0.2) is 0 Å². The summed E-state index contributed by atoms with van der Waals surface area (Å²) in [5.74, 6) is -0.649. The zero-order valence-electron chi connectivity index (χ0n) is 15.0. The van der Waals surface area contributed by atoms with Gasteiger partial charge in [-0.05, 0) is 31.0 Å². The Hall–Kier alpha value is -2.32. The number of rotatable bonds is 5. The second-order valence-electron chi connectivity index (χ2n) is 6.64. The molecule has 0 bridgehead atoms. The fourth-order valence-corrected chi connectivity index (χ4v) is 4.86. The first-order chi connectivity index (χ1) is 12.3. The van der Waals surface area contributed by atoms with Crippen LogP contribution in [-0.2, 0) is 17.1 Å². The third-order valence-corrected chi connectivity index (χ3v) is 6.82. The molecule has 3 rings (SSSR count). The molecular formula is C18H24N4O3S. The molecule has 0 radical (unpaired) electrons. The first-order valence-corrected chi connectivity index (χ1v) is 9.99. The fraction of sp³-hybridized carbons (Fsp3) is 0.389. The number of carbonyl (C=O) groups is 1. The van der Waals surface area contributed by atoms with Gasteiger partial charge in [-0.15, -0.1) is 0 Å². The SMILES string of the molecule is CN([C@@H]1CCCN(c2ccccc2)C1)S(=O)(=O)c1cc(C(N)=O)n(C)c1. The average Bonchev–Trinajstić information content (AvgIpc) is 3.05. The third kappa shape index (κ3) is 3.47. The van der Waals surface area contributed by atoms with Gasteiger partial charge in [0.25, 0.3) is 5.91 Å². The quantitative estimate of drug-likeness (QED) is 0.855. The molecule has 1 amide bonds. The summed E-state index contributed by atoms with van der Waals surface area (Å²) in [6.45, 7) is 1.54. The maximum absolute atomic E-state index is 13.0. The molecule has 8 heteroatoms. The lowest BCUT2D eigenvalue weighted by Crippen LogP contribution is -2.48. The van der Waals surface area contributed by atoms with Crippen LogP contribution < -0.4 is 10.6 Å². The van der Waals surface area contributed by atoms with Crippen molar-refractivity contribution >= 4 is 21.6 Å². The van der Waals surface area contributed by atoms with Crippen molar-refractivity contribution < 1.29 is 13.2 Å². The van der Waals surface area contributed by atoms with Crippen LogP contribution in [0, 0.1) is 0 Å². The first kappa shape index (κ1) is 18.5. The van der Waals surface area contributed by atoms with Gasteiger partial charge < -0.3 is 15.2 Å². The molecule has 1 aromatic heterocycles. The molecule has 140 valence electrons. The largest absolute Gasteiger partial charge is 0.370 e. The number of nitrogens with zero attached hydrogens (tertiary/aromatic N) is 3. The minimum atomic E-state index is -3.70. The Kier molecular flexibility index (Phi) is 5.06. The Morgan fingerprint density at radius 3 is 2.58 bits per heavy atom. The standard InChI is InChI=1S/C18H24N4O3S/c1-20-13-16(11-17(20)18(19)23)26(24,25)21(2)15-9-6-10-22(12-15)14-7-4-3-5-8-14/h3-5,7-8,11,13,15H,6,9-10,12H2,1-2H3,(H2,19,23)/t15-/m1/s1. The molecule has 1 atom stereocenters. The molecule has 26 heavy (non-hydrogen) atoms. The normalized spacial score (nSPS) is 18.3. The number of primary amides is 1. The predicted octanol–water partition coefficient (Wildman–Crippen LogP) is 1.41. The van der Waals surface area contributed by atoms with Gasteiger partial charge in [-0.25, -0.2) is 8.42 Å². The lowest BCUT2D eigenvalue weighted by Gasteiger charge is -2.38. The molecule has 2 N–H and O–H groups in total. The molecule has 2 aromatic rings. The summed E-state index contributed by atoms with van der Waals surface area (Å²) in [7, 11) is -0.491. The Morgan fingerprint density at radius 2 is 1.96 bits per heavy atom. The summed E-state index contributed by atoms with van der Waals surface area (Å²) in [6, 6.07) is 11.2. The van der Waals surface area contributed by atoms with E-state index in [2.05, 4.69) is 4.90 Å². The summed E-state index contributed by atoms with van der Waals surface area (Å²) in [4.78, 5) is 13.7. The highest BCUT2D eigenvalue weighted by Crippen LogP contribution is 2.26. The molecule has 0 saturated carbocycles. The van der Waals surface area contributed by atoms with Crippen molar-refractivity contribution in [3.8, 4) is 0 Å². The maximum Gasteiger partial charge on any atom is 0.265 e. The van der Waals surface area contributed by atoms with Crippen molar-refractivity contribution in [2.75, 3.05) is 25.0 Å². The number of aromatic nitrogens is 1. The lowest BCUT2D eigenvalue weighted by molar-refractivity contribution is 0.0992. The number of hydrogen-bond donors (Lipinski definition) is 1. The zero-order chi connectivity index (χ0) is 18.9. The number of para-hydroxylation sites is 1. The van der Waals surface area contributed by atoms with Crippen LogP contribution in [0.15, 0.2) is 47.5 Å². The Balaban J connectivity index is 1.82. The predicted molar refractivity (Wildman–Crippen MR) is 101 cm³/mol. The van der Waals surface area contributed by atoms with E-state index in [9.17, 15) is 13.2 Å². The zero-order valence-corrected chi connectivity index (χ0v) is 15.8. The van der Waals surface area contributed by atoms with Crippen LogP contribution >= 0.6 is 0 Å². The van der Waals surface area contributed by atoms with Crippen molar-refractivity contribution in [1.29, 1.82) is 0 Å². The van der Waals surface area contributed by atoms with Crippen LogP contribution in [0.1, 0.15) is 23.3 Å². The second-order valence-corrected chi connectivity index (χ2v) is 8.63. The van der Waals surface area contributed by atoms with Crippen LogP contribution in [0.5, 0.6) is 0 Å². The summed E-state index contributed by atoms with van der Waals surface area (Å²) in [5.41, 5.74) is 6.57. The number of nitrogens with two attached hydrogens (primary N) is 1. The van der Waals surface area contributed by atoms with E-state index in [1.54, 1.807) is 14.1 Å². The fourth-order valence-electron chi connectivity index (χ4n) is 3.41. The van der Waals surface area contributed by atoms with E-state index < -0.39 is 15.9 Å². The first-order valence-electron chi connectivity index (χ1n) is 8.55. The molecule has 0 spiro atoms. The minimum absolute atomic E-state index is 0.0909. The maximum atomic E-state index is 13.0. The number of hydrogen-bond acceptors (Lipinski definition) is 4. The van der Waals surface area contributed by atoms with Crippen molar-refractivity contribution in [2.24, 2.45) is 12.8 Å². The molecule has 1 aliphatic rings. The van der Waals surface area contributed by atoms with E-state index in [0.717, 1.165) is 25.1 Å². The van der Waals surface area contributed by atoms with Crippen molar-refractivity contribution in [3.63, 3.8) is 0 Å². The van der Waals surface area contributed by atoms with Gasteiger partial charge in [0.1, 0.15) is 10.6 Å². The van der Waals surface area contributed by atoms with E-state index in [1.807, 2.05) is 30.3 Å². The van der Waals surface area contributed by atoms with Gasteiger partial charge in [-0.1, -0.05) is 18.2 Å². The van der Waals surface area contributed by atoms with E-state index in [-0.39, 0.29) is 16.6 Å². The molecule has 1 aromatic carbocycles. The van der Waals surface area contributed by atoms with Gasteiger partial charge in [0.2, 0.25) is 10.0 Å².